The predicted octanol–water partition coefficient (Wildman–Crippen LogP) is 3.32. The number of fused-ring (bicyclic) bond motifs is 2. The van der Waals surface area contributed by atoms with Gasteiger partial charge in [0.15, 0.2) is 30.0 Å². The highest BCUT2D eigenvalue weighted by molar-refractivity contribution is 5.89. The Balaban J connectivity index is 2.32. The molecule has 0 aromatic heterocycles. The van der Waals surface area contributed by atoms with Crippen molar-refractivity contribution in [3.05, 3.63) is 48.0 Å². The summed E-state index contributed by atoms with van der Waals surface area (Å²) in [4.78, 5) is 94.7. The number of carbonyl (C=O) groups is 7. The van der Waals surface area contributed by atoms with E-state index in [9.17, 15) is 43.8 Å². The minimum absolute atomic E-state index is 0.0413. The van der Waals surface area contributed by atoms with Gasteiger partial charge in [0.1, 0.15) is 23.4 Å². The lowest BCUT2D eigenvalue weighted by molar-refractivity contribution is -0.263. The Labute approximate surface area is 331 Å². The van der Waals surface area contributed by atoms with E-state index < -0.39 is 138 Å². The van der Waals surface area contributed by atoms with E-state index in [0.717, 1.165) is 27.7 Å². The van der Waals surface area contributed by atoms with Crippen LogP contribution in [-0.2, 0) is 61.9 Å². The molecule has 0 radical (unpaired) electrons. The molecule has 2 fully saturated rings. The summed E-state index contributed by atoms with van der Waals surface area (Å²) in [6, 6.07) is 7.52. The molecule has 11 atom stereocenters. The molecule has 2 aliphatic carbocycles. The second kappa shape index (κ2) is 16.9. The van der Waals surface area contributed by atoms with E-state index >= 15 is 0 Å². The first-order valence-corrected chi connectivity index (χ1v) is 18.9. The molecule has 0 amide bonds. The Bertz CT molecular complexity index is 1750. The van der Waals surface area contributed by atoms with Crippen LogP contribution < -0.4 is 0 Å². The summed E-state index contributed by atoms with van der Waals surface area (Å²) < 4.78 is 42.4. The van der Waals surface area contributed by atoms with Crippen LogP contribution >= 0.6 is 0 Å². The lowest BCUT2D eigenvalue weighted by atomic mass is 9.66. The van der Waals surface area contributed by atoms with E-state index in [0.29, 0.717) is 0 Å². The average molecular weight is 803 g/mol. The molecule has 1 saturated carbocycles. The lowest BCUT2D eigenvalue weighted by Gasteiger charge is -2.52. The normalized spacial score (nSPS) is 35.4. The van der Waals surface area contributed by atoms with Gasteiger partial charge in [-0.05, 0) is 19.1 Å². The maximum atomic E-state index is 14.4. The minimum Gasteiger partial charge on any atom is -0.459 e. The number of aliphatic hydroxyl groups is 2. The summed E-state index contributed by atoms with van der Waals surface area (Å²) in [5.41, 5.74) is -8.56. The Morgan fingerprint density at radius 1 is 0.789 bits per heavy atom. The highest BCUT2D eigenvalue weighted by Gasteiger charge is 2.74. The van der Waals surface area contributed by atoms with E-state index in [1.807, 2.05) is 0 Å². The van der Waals surface area contributed by atoms with Gasteiger partial charge in [-0.1, -0.05) is 65.0 Å². The molecule has 1 unspecified atom stereocenters. The van der Waals surface area contributed by atoms with Crippen molar-refractivity contribution in [2.45, 2.75) is 142 Å². The summed E-state index contributed by atoms with van der Waals surface area (Å²) in [6.45, 7) is 13.3. The smallest absolute Gasteiger partial charge is 0.338 e. The third-order valence-electron chi connectivity index (χ3n) is 10.8. The molecule has 1 aliphatic heterocycles. The fraction of sp³-hybridized carbons (Fsp3) is 0.634. The van der Waals surface area contributed by atoms with Crippen LogP contribution in [0.3, 0.4) is 0 Å². The summed E-state index contributed by atoms with van der Waals surface area (Å²) >= 11 is 0. The molecule has 16 nitrogen and oxygen atoms in total. The van der Waals surface area contributed by atoms with Gasteiger partial charge in [-0.3, -0.25) is 28.8 Å². The van der Waals surface area contributed by atoms with Crippen molar-refractivity contribution < 1.29 is 76.9 Å². The first-order chi connectivity index (χ1) is 26.4. The fourth-order valence-electron chi connectivity index (χ4n) is 8.42. The first kappa shape index (κ1) is 44.9. The number of hydrogen-bond donors (Lipinski definition) is 2. The molecule has 2 N–H and O–H groups in total. The van der Waals surface area contributed by atoms with Crippen molar-refractivity contribution in [2.24, 2.45) is 23.2 Å². The number of hydrogen-bond acceptors (Lipinski definition) is 16. The maximum Gasteiger partial charge on any atom is 0.338 e. The average Bonchev–Trinajstić information content (AvgIpc) is 3.31. The van der Waals surface area contributed by atoms with Crippen molar-refractivity contribution in [3.63, 3.8) is 0 Å². The molecule has 57 heavy (non-hydrogen) atoms. The molecule has 3 bridgehead atoms. The molecular weight excluding hydrogens is 748 g/mol. The molecule has 314 valence electrons. The molecular formula is C41H54O16. The van der Waals surface area contributed by atoms with Crippen LogP contribution in [0, 0.1) is 23.2 Å². The summed E-state index contributed by atoms with van der Waals surface area (Å²) in [5, 5.41) is 25.7. The van der Waals surface area contributed by atoms with Gasteiger partial charge >= 0.3 is 41.8 Å². The number of aliphatic hydroxyl groups excluding tert-OH is 1. The molecule has 1 saturated heterocycles. The number of benzene rings is 1. The SMILES string of the molecule is CC(=O)O[C@@H]1[C@@H](OC(C)=O)C(C)(C)/C=C/[C@H](C)[C@H](OC(C)=O)[C@@]2(O)C[C@@]3(C)OC(=O)CC[C@](OC(C)=O)([C@H](OC(=O)c4ccccc4)C2[C@H]3O)[C@@H]1OC(=O)C(C)C. The van der Waals surface area contributed by atoms with E-state index in [2.05, 4.69) is 0 Å². The van der Waals surface area contributed by atoms with Gasteiger partial charge in [-0.15, -0.1) is 0 Å². The standard InChI is InChI=1S/C41H54O16/c1-21(2)36(48)55-35-30(51-23(4)42)34(53-25(6)44)38(8,9)18-16-22(3)32(52-24(5)43)40(50)20-39(10)31(47)29(40)33(54-37(49)27-14-12-11-13-15-27)41(35,56-26(7)45)19-17-28(46)57-39/h11-16,18,21-22,29-35,47,50H,17,19-20H2,1-10H3/b18-16+/t22-,29?,30+,31+,32-,33+,34+,35+,39+,40+,41-/m0/s1. The van der Waals surface area contributed by atoms with E-state index in [4.69, 9.17) is 33.2 Å². The molecule has 1 aromatic rings. The van der Waals surface area contributed by atoms with Crippen molar-refractivity contribution >= 4 is 41.8 Å². The summed E-state index contributed by atoms with van der Waals surface area (Å²) in [7, 11) is 0. The van der Waals surface area contributed by atoms with Crippen molar-refractivity contribution in [2.75, 3.05) is 0 Å². The van der Waals surface area contributed by atoms with Gasteiger partial charge < -0.3 is 43.4 Å². The van der Waals surface area contributed by atoms with Crippen molar-refractivity contribution in [1.29, 1.82) is 0 Å². The van der Waals surface area contributed by atoms with E-state index in [1.165, 1.54) is 45.0 Å². The summed E-state index contributed by atoms with van der Waals surface area (Å²) in [6.07, 6.45) is -10.2. The molecule has 1 heterocycles. The number of rotatable bonds is 8. The molecule has 16 heteroatoms. The molecule has 1 aromatic carbocycles. The first-order valence-electron chi connectivity index (χ1n) is 18.9. The Kier molecular flexibility index (Phi) is 13.3. The van der Waals surface area contributed by atoms with Gasteiger partial charge in [-0.25, -0.2) is 4.79 Å². The minimum atomic E-state index is -2.68. The largest absolute Gasteiger partial charge is 0.459 e. The predicted molar refractivity (Wildman–Crippen MR) is 196 cm³/mol. The van der Waals surface area contributed by atoms with Crippen LogP contribution in [0.4, 0.5) is 0 Å². The second-order valence-electron chi connectivity index (χ2n) is 16.4. The monoisotopic (exact) mass is 802 g/mol. The number of esters is 7. The molecule has 4 rings (SSSR count). The Morgan fingerprint density at radius 3 is 1.91 bits per heavy atom. The van der Waals surface area contributed by atoms with Gasteiger partial charge in [-0.2, -0.15) is 0 Å². The van der Waals surface area contributed by atoms with Crippen LogP contribution in [0.1, 0.15) is 98.9 Å². The molecule has 3 aliphatic rings. The van der Waals surface area contributed by atoms with E-state index in [-0.39, 0.29) is 5.56 Å². The number of ether oxygens (including phenoxy) is 7. The molecule has 0 spiro atoms. The summed E-state index contributed by atoms with van der Waals surface area (Å²) in [5.74, 6) is -10.6. The van der Waals surface area contributed by atoms with Gasteiger partial charge in [0, 0.05) is 58.3 Å². The van der Waals surface area contributed by atoms with Gasteiger partial charge in [0.05, 0.1) is 17.4 Å². The van der Waals surface area contributed by atoms with Crippen LogP contribution in [-0.4, -0.2) is 105 Å². The van der Waals surface area contributed by atoms with Gasteiger partial charge in [0.25, 0.3) is 0 Å². The lowest BCUT2D eigenvalue weighted by Crippen LogP contribution is -2.70. The van der Waals surface area contributed by atoms with Crippen molar-refractivity contribution in [3.8, 4) is 0 Å². The van der Waals surface area contributed by atoms with Crippen LogP contribution in [0.2, 0.25) is 0 Å². The zero-order valence-electron chi connectivity index (χ0n) is 34.0. The van der Waals surface area contributed by atoms with Crippen LogP contribution in [0.25, 0.3) is 0 Å². The zero-order chi connectivity index (χ0) is 42.8. The second-order valence-corrected chi connectivity index (χ2v) is 16.4. The highest BCUT2D eigenvalue weighted by Crippen LogP contribution is 2.56. The van der Waals surface area contributed by atoms with Crippen molar-refractivity contribution in [1.82, 2.24) is 0 Å². The van der Waals surface area contributed by atoms with Crippen LogP contribution in [0.15, 0.2) is 42.5 Å². The zero-order valence-corrected chi connectivity index (χ0v) is 34.0. The topological polar surface area (TPSA) is 225 Å². The quantitative estimate of drug-likeness (QED) is 0.218. The fourth-order valence-corrected chi connectivity index (χ4v) is 8.42. The third kappa shape index (κ3) is 9.33. The van der Waals surface area contributed by atoms with Gasteiger partial charge in [0.2, 0.25) is 0 Å². The third-order valence-corrected chi connectivity index (χ3v) is 10.8. The maximum absolute atomic E-state index is 14.4. The Hall–Kier alpha value is -4.83. The number of carbonyl (C=O) groups excluding carboxylic acids is 7. The highest BCUT2D eigenvalue weighted by atomic mass is 16.7. The van der Waals surface area contributed by atoms with E-state index in [1.54, 1.807) is 39.0 Å². The Morgan fingerprint density at radius 2 is 1.37 bits per heavy atom. The van der Waals surface area contributed by atoms with Crippen LogP contribution in [0.5, 0.6) is 0 Å².